The van der Waals surface area contributed by atoms with Crippen molar-refractivity contribution in [1.29, 1.82) is 0 Å². The average molecular weight is 341 g/mol. The van der Waals surface area contributed by atoms with E-state index in [9.17, 15) is 4.79 Å². The Labute approximate surface area is 150 Å². The number of hydrogen-bond acceptors (Lipinski definition) is 3. The van der Waals surface area contributed by atoms with E-state index < -0.39 is 6.10 Å². The number of carbonyl (C=O) groups excluding carboxylic acids is 1. The lowest BCUT2D eigenvalue weighted by molar-refractivity contribution is -0.122. The number of anilines is 1. The van der Waals surface area contributed by atoms with Gasteiger partial charge in [-0.25, -0.2) is 0 Å². The molecule has 1 unspecified atom stereocenters. The summed E-state index contributed by atoms with van der Waals surface area (Å²) < 4.78 is 11.5. The zero-order valence-electron chi connectivity index (χ0n) is 15.2. The van der Waals surface area contributed by atoms with Gasteiger partial charge < -0.3 is 14.8 Å². The molecule has 0 saturated heterocycles. The molecular weight excluding hydrogens is 314 g/mol. The van der Waals surface area contributed by atoms with E-state index in [4.69, 9.17) is 9.47 Å². The Morgan fingerprint density at radius 3 is 2.56 bits per heavy atom. The third-order valence-electron chi connectivity index (χ3n) is 3.80. The number of rotatable bonds is 9. The SMILES string of the molecule is CCCCOc1cccc(NC(=O)C(CC)Oc2cccc(C)c2)c1. The van der Waals surface area contributed by atoms with Crippen molar-refractivity contribution in [2.75, 3.05) is 11.9 Å². The van der Waals surface area contributed by atoms with Crippen LogP contribution < -0.4 is 14.8 Å². The van der Waals surface area contributed by atoms with Gasteiger partial charge in [0.05, 0.1) is 6.61 Å². The summed E-state index contributed by atoms with van der Waals surface area (Å²) in [4.78, 5) is 12.5. The molecule has 0 heterocycles. The average Bonchev–Trinajstić information content (AvgIpc) is 2.60. The molecule has 1 atom stereocenters. The van der Waals surface area contributed by atoms with Crippen molar-refractivity contribution < 1.29 is 14.3 Å². The summed E-state index contributed by atoms with van der Waals surface area (Å²) in [5, 5.41) is 2.91. The minimum atomic E-state index is -0.536. The normalized spacial score (nSPS) is 11.6. The number of hydrogen-bond donors (Lipinski definition) is 1. The summed E-state index contributed by atoms with van der Waals surface area (Å²) in [6, 6.07) is 15.2. The molecule has 2 rings (SSSR count). The number of nitrogens with one attached hydrogen (secondary N) is 1. The van der Waals surface area contributed by atoms with Crippen LogP contribution in [0.3, 0.4) is 0 Å². The lowest BCUT2D eigenvalue weighted by Crippen LogP contribution is -2.32. The topological polar surface area (TPSA) is 47.6 Å². The standard InChI is InChI=1S/C21H27NO3/c1-4-6-13-24-18-11-8-10-17(15-18)22-21(23)20(5-2)25-19-12-7-9-16(3)14-19/h7-12,14-15,20H,4-6,13H2,1-3H3,(H,22,23). The first-order valence-corrected chi connectivity index (χ1v) is 8.89. The first kappa shape index (κ1) is 18.8. The van der Waals surface area contributed by atoms with Crippen LogP contribution in [-0.4, -0.2) is 18.6 Å². The first-order valence-electron chi connectivity index (χ1n) is 8.89. The first-order chi connectivity index (χ1) is 12.1. The fourth-order valence-electron chi connectivity index (χ4n) is 2.40. The molecule has 0 aliphatic carbocycles. The molecule has 25 heavy (non-hydrogen) atoms. The molecule has 0 saturated carbocycles. The molecule has 4 heteroatoms. The lowest BCUT2D eigenvalue weighted by atomic mass is 10.2. The Morgan fingerprint density at radius 1 is 1.08 bits per heavy atom. The molecule has 0 bridgehead atoms. The summed E-state index contributed by atoms with van der Waals surface area (Å²) in [6.07, 6.45) is 2.15. The molecule has 1 amide bonds. The highest BCUT2D eigenvalue weighted by atomic mass is 16.5. The maximum Gasteiger partial charge on any atom is 0.265 e. The smallest absolute Gasteiger partial charge is 0.265 e. The van der Waals surface area contributed by atoms with Crippen LogP contribution in [0.1, 0.15) is 38.7 Å². The molecule has 2 aromatic rings. The van der Waals surface area contributed by atoms with Crippen molar-refractivity contribution in [1.82, 2.24) is 0 Å². The summed E-state index contributed by atoms with van der Waals surface area (Å²) in [6.45, 7) is 6.74. The van der Waals surface area contributed by atoms with E-state index >= 15 is 0 Å². The molecule has 0 aliphatic heterocycles. The quantitative estimate of drug-likeness (QED) is 0.655. The molecule has 0 spiro atoms. The molecule has 4 nitrogen and oxygen atoms in total. The third kappa shape index (κ3) is 6.14. The van der Waals surface area contributed by atoms with E-state index in [-0.39, 0.29) is 5.91 Å². The van der Waals surface area contributed by atoms with Crippen molar-refractivity contribution in [2.45, 2.75) is 46.1 Å². The number of unbranched alkanes of at least 4 members (excludes halogenated alkanes) is 1. The van der Waals surface area contributed by atoms with Crippen LogP contribution in [0, 0.1) is 6.92 Å². The number of benzene rings is 2. The van der Waals surface area contributed by atoms with Gasteiger partial charge in [0.25, 0.3) is 5.91 Å². The van der Waals surface area contributed by atoms with Gasteiger partial charge in [-0.1, -0.05) is 38.5 Å². The van der Waals surface area contributed by atoms with Crippen LogP contribution in [0.5, 0.6) is 11.5 Å². The second kappa shape index (κ2) is 9.72. The van der Waals surface area contributed by atoms with Crippen LogP contribution in [0.2, 0.25) is 0 Å². The maximum atomic E-state index is 12.5. The van der Waals surface area contributed by atoms with Crippen LogP contribution in [0.15, 0.2) is 48.5 Å². The molecule has 0 aromatic heterocycles. The monoisotopic (exact) mass is 341 g/mol. The Balaban J connectivity index is 1.98. The van der Waals surface area contributed by atoms with Crippen LogP contribution >= 0.6 is 0 Å². The number of amides is 1. The Hall–Kier alpha value is -2.49. The minimum Gasteiger partial charge on any atom is -0.494 e. The number of ether oxygens (including phenoxy) is 2. The van der Waals surface area contributed by atoms with E-state index in [0.29, 0.717) is 24.5 Å². The van der Waals surface area contributed by atoms with Crippen molar-refractivity contribution in [3.05, 3.63) is 54.1 Å². The zero-order chi connectivity index (χ0) is 18.1. The maximum absolute atomic E-state index is 12.5. The molecule has 0 aliphatic rings. The Morgan fingerprint density at radius 2 is 1.84 bits per heavy atom. The van der Waals surface area contributed by atoms with E-state index in [0.717, 1.165) is 24.2 Å². The third-order valence-corrected chi connectivity index (χ3v) is 3.80. The second-order valence-electron chi connectivity index (χ2n) is 6.05. The molecular formula is C21H27NO3. The van der Waals surface area contributed by atoms with E-state index in [1.54, 1.807) is 0 Å². The number of aryl methyl sites for hydroxylation is 1. The van der Waals surface area contributed by atoms with E-state index in [2.05, 4.69) is 12.2 Å². The fourth-order valence-corrected chi connectivity index (χ4v) is 2.40. The summed E-state index contributed by atoms with van der Waals surface area (Å²) in [5.74, 6) is 1.31. The zero-order valence-corrected chi connectivity index (χ0v) is 15.2. The Kier molecular flexibility index (Phi) is 7.33. The van der Waals surface area contributed by atoms with Gasteiger partial charge in [-0.2, -0.15) is 0 Å². The highest BCUT2D eigenvalue weighted by Gasteiger charge is 2.18. The molecule has 134 valence electrons. The van der Waals surface area contributed by atoms with Crippen molar-refractivity contribution in [3.63, 3.8) is 0 Å². The van der Waals surface area contributed by atoms with Gasteiger partial charge in [-0.3, -0.25) is 4.79 Å². The van der Waals surface area contributed by atoms with Crippen LogP contribution in [-0.2, 0) is 4.79 Å². The van der Waals surface area contributed by atoms with Crippen molar-refractivity contribution in [3.8, 4) is 11.5 Å². The van der Waals surface area contributed by atoms with Gasteiger partial charge in [0, 0.05) is 11.8 Å². The van der Waals surface area contributed by atoms with Crippen LogP contribution in [0.4, 0.5) is 5.69 Å². The molecule has 2 aromatic carbocycles. The fraction of sp³-hybridized carbons (Fsp3) is 0.381. The Bertz CT molecular complexity index is 684. The minimum absolute atomic E-state index is 0.158. The van der Waals surface area contributed by atoms with E-state index in [1.807, 2.05) is 62.4 Å². The molecule has 1 N–H and O–H groups in total. The van der Waals surface area contributed by atoms with Crippen molar-refractivity contribution >= 4 is 11.6 Å². The summed E-state index contributed by atoms with van der Waals surface area (Å²) >= 11 is 0. The largest absolute Gasteiger partial charge is 0.494 e. The van der Waals surface area contributed by atoms with Crippen molar-refractivity contribution in [2.24, 2.45) is 0 Å². The molecule has 0 fully saturated rings. The van der Waals surface area contributed by atoms with Gasteiger partial charge in [-0.05, 0) is 49.6 Å². The highest BCUT2D eigenvalue weighted by Crippen LogP contribution is 2.20. The lowest BCUT2D eigenvalue weighted by Gasteiger charge is -2.18. The van der Waals surface area contributed by atoms with Gasteiger partial charge >= 0.3 is 0 Å². The number of carbonyl (C=O) groups is 1. The van der Waals surface area contributed by atoms with E-state index in [1.165, 1.54) is 0 Å². The van der Waals surface area contributed by atoms with Crippen LogP contribution in [0.25, 0.3) is 0 Å². The van der Waals surface area contributed by atoms with Gasteiger partial charge in [0.1, 0.15) is 11.5 Å². The van der Waals surface area contributed by atoms with Gasteiger partial charge in [-0.15, -0.1) is 0 Å². The molecule has 0 radical (unpaired) electrons. The second-order valence-corrected chi connectivity index (χ2v) is 6.05. The predicted molar refractivity (Wildman–Crippen MR) is 101 cm³/mol. The summed E-state index contributed by atoms with van der Waals surface area (Å²) in [7, 11) is 0. The highest BCUT2D eigenvalue weighted by molar-refractivity contribution is 5.94. The summed E-state index contributed by atoms with van der Waals surface area (Å²) in [5.41, 5.74) is 1.81. The van der Waals surface area contributed by atoms with Gasteiger partial charge in [0.2, 0.25) is 0 Å². The predicted octanol–water partition coefficient (Wildman–Crippen LogP) is 4.97. The van der Waals surface area contributed by atoms with Gasteiger partial charge in [0.15, 0.2) is 6.10 Å².